The van der Waals surface area contributed by atoms with E-state index in [1.165, 1.54) is 18.2 Å². The van der Waals surface area contributed by atoms with Gasteiger partial charge in [-0.25, -0.2) is 0 Å². The molecule has 0 radical (unpaired) electrons. The SMILES string of the molecule is O=C1CC2CNCCN2c2cc(-c3cccc(OC(F)(F)F)c3)ccc2N1. The third-order valence-electron chi connectivity index (χ3n) is 4.75. The molecule has 0 aromatic heterocycles. The van der Waals surface area contributed by atoms with E-state index in [0.29, 0.717) is 18.5 Å². The predicted octanol–water partition coefficient (Wildman–Crippen LogP) is 3.37. The molecule has 2 heterocycles. The number of nitrogens with zero attached hydrogens (tertiary/aromatic N) is 1. The smallest absolute Gasteiger partial charge is 0.406 e. The highest BCUT2D eigenvalue weighted by molar-refractivity contribution is 5.97. The maximum atomic E-state index is 12.5. The summed E-state index contributed by atoms with van der Waals surface area (Å²) in [7, 11) is 0. The summed E-state index contributed by atoms with van der Waals surface area (Å²) < 4.78 is 41.5. The van der Waals surface area contributed by atoms with E-state index in [2.05, 4.69) is 20.3 Å². The zero-order valence-corrected chi connectivity index (χ0v) is 14.3. The molecule has 1 saturated heterocycles. The van der Waals surface area contributed by atoms with Gasteiger partial charge in [0, 0.05) is 26.1 Å². The minimum absolute atomic E-state index is 0.0409. The highest BCUT2D eigenvalue weighted by Gasteiger charge is 2.32. The standard InChI is InChI=1S/C19H18F3N3O2/c20-19(21,22)27-15-3-1-2-12(8-15)13-4-5-16-17(9-13)25-7-6-23-11-14(25)10-18(26)24-16/h1-5,8-9,14,23H,6-7,10-11H2,(H,24,26). The molecule has 2 aliphatic rings. The van der Waals surface area contributed by atoms with Gasteiger partial charge in [0.25, 0.3) is 0 Å². The fraction of sp³-hybridized carbons (Fsp3) is 0.316. The third kappa shape index (κ3) is 3.85. The summed E-state index contributed by atoms with van der Waals surface area (Å²) in [6.45, 7) is 2.28. The lowest BCUT2D eigenvalue weighted by Crippen LogP contribution is -2.51. The molecule has 1 fully saturated rings. The molecule has 2 aromatic rings. The van der Waals surface area contributed by atoms with Crippen LogP contribution in [0.15, 0.2) is 42.5 Å². The number of amides is 1. The maximum Gasteiger partial charge on any atom is 0.573 e. The second kappa shape index (κ2) is 6.77. The van der Waals surface area contributed by atoms with Gasteiger partial charge in [-0.2, -0.15) is 0 Å². The van der Waals surface area contributed by atoms with Crippen LogP contribution in [0.1, 0.15) is 6.42 Å². The van der Waals surface area contributed by atoms with Gasteiger partial charge in [-0.1, -0.05) is 18.2 Å². The fourth-order valence-electron chi connectivity index (χ4n) is 3.60. The van der Waals surface area contributed by atoms with Gasteiger partial charge in [-0.3, -0.25) is 4.79 Å². The lowest BCUT2D eigenvalue weighted by atomic mass is 10.0. The number of anilines is 2. The topological polar surface area (TPSA) is 53.6 Å². The summed E-state index contributed by atoms with van der Waals surface area (Å²) in [5.41, 5.74) is 2.97. The van der Waals surface area contributed by atoms with Crippen LogP contribution in [0.25, 0.3) is 11.1 Å². The number of fused-ring (bicyclic) bond motifs is 3. The van der Waals surface area contributed by atoms with Crippen molar-refractivity contribution in [2.45, 2.75) is 18.8 Å². The molecule has 27 heavy (non-hydrogen) atoms. The molecule has 8 heteroatoms. The molecule has 5 nitrogen and oxygen atoms in total. The van der Waals surface area contributed by atoms with E-state index >= 15 is 0 Å². The average molecular weight is 377 g/mol. The van der Waals surface area contributed by atoms with Crippen LogP contribution in [-0.4, -0.2) is 37.9 Å². The van der Waals surface area contributed by atoms with Crippen LogP contribution in [0.4, 0.5) is 24.5 Å². The van der Waals surface area contributed by atoms with Gasteiger partial charge in [-0.15, -0.1) is 13.2 Å². The van der Waals surface area contributed by atoms with Gasteiger partial charge in [0.05, 0.1) is 17.4 Å². The number of hydrogen-bond donors (Lipinski definition) is 2. The first-order valence-corrected chi connectivity index (χ1v) is 8.66. The van der Waals surface area contributed by atoms with E-state index in [1.54, 1.807) is 18.2 Å². The highest BCUT2D eigenvalue weighted by Crippen LogP contribution is 2.37. The van der Waals surface area contributed by atoms with Gasteiger partial charge < -0.3 is 20.3 Å². The summed E-state index contributed by atoms with van der Waals surface area (Å²) in [6, 6.07) is 11.4. The number of halogens is 3. The Bertz CT molecular complexity index is 870. The van der Waals surface area contributed by atoms with Crippen molar-refractivity contribution in [3.05, 3.63) is 42.5 Å². The molecule has 142 valence electrons. The molecule has 2 aliphatic heterocycles. The van der Waals surface area contributed by atoms with E-state index in [1.807, 2.05) is 6.07 Å². The third-order valence-corrected chi connectivity index (χ3v) is 4.75. The molecule has 1 amide bonds. The van der Waals surface area contributed by atoms with Crippen molar-refractivity contribution in [1.29, 1.82) is 0 Å². The van der Waals surface area contributed by atoms with Crippen LogP contribution in [0.5, 0.6) is 5.75 Å². The Morgan fingerprint density at radius 1 is 1.11 bits per heavy atom. The van der Waals surface area contributed by atoms with Crippen LogP contribution in [0.3, 0.4) is 0 Å². The zero-order valence-electron chi connectivity index (χ0n) is 14.3. The zero-order chi connectivity index (χ0) is 19.0. The minimum Gasteiger partial charge on any atom is -0.406 e. The molecule has 4 rings (SSSR count). The number of nitrogens with one attached hydrogen (secondary N) is 2. The number of alkyl halides is 3. The summed E-state index contributed by atoms with van der Waals surface area (Å²) >= 11 is 0. The number of benzene rings is 2. The molecular formula is C19H18F3N3O2. The second-order valence-electron chi connectivity index (χ2n) is 6.61. The quantitative estimate of drug-likeness (QED) is 0.843. The Kier molecular flexibility index (Phi) is 4.43. The van der Waals surface area contributed by atoms with E-state index in [4.69, 9.17) is 0 Å². The van der Waals surface area contributed by atoms with Gasteiger partial charge in [0.15, 0.2) is 0 Å². The number of carbonyl (C=O) groups is 1. The summed E-state index contributed by atoms with van der Waals surface area (Å²) in [4.78, 5) is 14.3. The number of piperazine rings is 1. The Labute approximate surface area is 154 Å². The lowest BCUT2D eigenvalue weighted by Gasteiger charge is -2.36. The molecule has 0 saturated carbocycles. The van der Waals surface area contributed by atoms with Crippen LogP contribution in [-0.2, 0) is 4.79 Å². The minimum atomic E-state index is -4.73. The van der Waals surface area contributed by atoms with Gasteiger partial charge in [0.1, 0.15) is 5.75 Å². The number of hydrogen-bond acceptors (Lipinski definition) is 4. The van der Waals surface area contributed by atoms with Crippen LogP contribution in [0.2, 0.25) is 0 Å². The van der Waals surface area contributed by atoms with E-state index in [0.717, 1.165) is 30.0 Å². The second-order valence-corrected chi connectivity index (χ2v) is 6.61. The van der Waals surface area contributed by atoms with E-state index in [-0.39, 0.29) is 17.7 Å². The molecule has 0 spiro atoms. The molecule has 2 aromatic carbocycles. The van der Waals surface area contributed by atoms with Crippen molar-refractivity contribution < 1.29 is 22.7 Å². The number of carbonyl (C=O) groups excluding carboxylic acids is 1. The van der Waals surface area contributed by atoms with Crippen LogP contribution >= 0.6 is 0 Å². The van der Waals surface area contributed by atoms with Crippen molar-refractivity contribution in [3.8, 4) is 16.9 Å². The molecule has 2 N–H and O–H groups in total. The Balaban J connectivity index is 1.71. The number of rotatable bonds is 2. The first kappa shape index (κ1) is 17.7. The van der Waals surface area contributed by atoms with Gasteiger partial charge >= 0.3 is 6.36 Å². The summed E-state index contributed by atoms with van der Waals surface area (Å²) in [6.07, 6.45) is -4.34. The Morgan fingerprint density at radius 2 is 1.93 bits per heavy atom. The molecule has 0 bridgehead atoms. The highest BCUT2D eigenvalue weighted by atomic mass is 19.4. The first-order valence-electron chi connectivity index (χ1n) is 8.66. The molecule has 1 atom stereocenters. The Morgan fingerprint density at radius 3 is 2.74 bits per heavy atom. The maximum absolute atomic E-state index is 12.5. The Hall–Kier alpha value is -2.74. The van der Waals surface area contributed by atoms with Crippen molar-refractivity contribution >= 4 is 17.3 Å². The van der Waals surface area contributed by atoms with E-state index < -0.39 is 6.36 Å². The van der Waals surface area contributed by atoms with Crippen molar-refractivity contribution in [2.24, 2.45) is 0 Å². The van der Waals surface area contributed by atoms with Crippen molar-refractivity contribution in [2.75, 3.05) is 29.9 Å². The van der Waals surface area contributed by atoms with Gasteiger partial charge in [-0.05, 0) is 35.4 Å². The van der Waals surface area contributed by atoms with Crippen molar-refractivity contribution in [3.63, 3.8) is 0 Å². The van der Waals surface area contributed by atoms with Crippen molar-refractivity contribution in [1.82, 2.24) is 5.32 Å². The lowest BCUT2D eigenvalue weighted by molar-refractivity contribution is -0.274. The van der Waals surface area contributed by atoms with Crippen LogP contribution < -0.4 is 20.3 Å². The average Bonchev–Trinajstić information content (AvgIpc) is 2.75. The normalized spacial score (nSPS) is 19.6. The summed E-state index contributed by atoms with van der Waals surface area (Å²) in [5.74, 6) is -0.302. The number of ether oxygens (including phenoxy) is 1. The largest absolute Gasteiger partial charge is 0.573 e. The predicted molar refractivity (Wildman–Crippen MR) is 95.8 cm³/mol. The van der Waals surface area contributed by atoms with E-state index in [9.17, 15) is 18.0 Å². The molecule has 0 aliphatic carbocycles. The molecule has 1 unspecified atom stereocenters. The molecular weight excluding hydrogens is 359 g/mol. The van der Waals surface area contributed by atoms with Crippen LogP contribution in [0, 0.1) is 0 Å². The fourth-order valence-corrected chi connectivity index (χ4v) is 3.60. The monoisotopic (exact) mass is 377 g/mol. The first-order chi connectivity index (χ1) is 12.9. The summed E-state index contributed by atoms with van der Waals surface area (Å²) in [5, 5.41) is 6.21. The van der Waals surface area contributed by atoms with Gasteiger partial charge in [0.2, 0.25) is 5.91 Å².